The summed E-state index contributed by atoms with van der Waals surface area (Å²) in [6.45, 7) is 2.64. The smallest absolute Gasteiger partial charge is 0.319 e. The quantitative estimate of drug-likeness (QED) is 0.271. The molecule has 0 spiro atoms. The molecule has 2 bridgehead atoms. The van der Waals surface area contributed by atoms with Gasteiger partial charge < -0.3 is 19.7 Å². The monoisotopic (exact) mass is 623 g/mol. The molecule has 4 fully saturated rings. The molecular weight excluding hydrogens is 591 g/mol. The number of nitrogens with one attached hydrogen (secondary N) is 1. The van der Waals surface area contributed by atoms with Gasteiger partial charge in [-0.15, -0.1) is 0 Å². The number of hydrogen-bond donors (Lipinski definition) is 1. The van der Waals surface area contributed by atoms with E-state index in [2.05, 4.69) is 20.1 Å². The Kier molecular flexibility index (Phi) is 6.80. The van der Waals surface area contributed by atoms with Gasteiger partial charge >= 0.3 is 6.01 Å². The number of hydrogen-bond acceptors (Lipinski definition) is 7. The van der Waals surface area contributed by atoms with Crippen LogP contribution in [0.2, 0.25) is 5.02 Å². The molecule has 0 aliphatic carbocycles. The summed E-state index contributed by atoms with van der Waals surface area (Å²) in [5.41, 5.74) is -0.508. The summed E-state index contributed by atoms with van der Waals surface area (Å²) in [4.78, 5) is 13.6. The number of halogens is 4. The fourth-order valence-corrected chi connectivity index (χ4v) is 8.36. The summed E-state index contributed by atoms with van der Waals surface area (Å²) in [5.74, 6) is -1.45. The van der Waals surface area contributed by atoms with E-state index in [1.54, 1.807) is 24.3 Å². The lowest BCUT2D eigenvalue weighted by Gasteiger charge is -2.35. The minimum atomic E-state index is -0.914. The number of ether oxygens (including phenoxy) is 2. The number of alkyl halides is 1. The van der Waals surface area contributed by atoms with Crippen molar-refractivity contribution in [3.63, 3.8) is 0 Å². The molecule has 4 saturated heterocycles. The average molecular weight is 624 g/mol. The molecule has 4 atom stereocenters. The molecule has 1 aromatic heterocycles. The van der Waals surface area contributed by atoms with E-state index in [0.29, 0.717) is 47.8 Å². The molecule has 5 heterocycles. The van der Waals surface area contributed by atoms with E-state index >= 15 is 8.78 Å². The lowest BCUT2D eigenvalue weighted by atomic mass is 9.95. The standard InChI is InChI=1S/C33H33ClF3N5O2/c1-43-30-26-29(27(36)25(28(30)37)22-7-2-5-18-6-3-8-23(34)24(18)22)39-32(40-31(26)41-15-20-9-10-21(16-41)38-20)44-17-33-11-4-12-42(33)14-19(35)13-33/h2-3,5-8,19-21,38H,4,9-17H2,1H3/t19-,20?,21?,33+/m1/s1. The average Bonchev–Trinajstić information content (AvgIpc) is 3.66. The van der Waals surface area contributed by atoms with Gasteiger partial charge in [0.05, 0.1) is 23.6 Å². The Morgan fingerprint density at radius 2 is 1.80 bits per heavy atom. The highest BCUT2D eigenvalue weighted by Crippen LogP contribution is 2.46. The molecule has 8 rings (SSSR count). The van der Waals surface area contributed by atoms with Crippen molar-refractivity contribution in [1.82, 2.24) is 20.2 Å². The van der Waals surface area contributed by atoms with Gasteiger partial charge in [0.2, 0.25) is 0 Å². The van der Waals surface area contributed by atoms with Crippen molar-refractivity contribution in [3.05, 3.63) is 53.1 Å². The third-order valence-corrected chi connectivity index (χ3v) is 10.3. The molecule has 2 unspecified atom stereocenters. The Bertz CT molecular complexity index is 1780. The van der Waals surface area contributed by atoms with Crippen molar-refractivity contribution in [2.75, 3.05) is 44.8 Å². The fraction of sp³-hybridized carbons (Fsp3) is 0.455. The Labute approximate surface area is 258 Å². The van der Waals surface area contributed by atoms with Crippen molar-refractivity contribution in [2.24, 2.45) is 0 Å². The summed E-state index contributed by atoms with van der Waals surface area (Å²) in [6, 6.07) is 11.0. The normalized spacial score (nSPS) is 26.6. The Morgan fingerprint density at radius 3 is 2.57 bits per heavy atom. The predicted molar refractivity (Wildman–Crippen MR) is 165 cm³/mol. The zero-order chi connectivity index (χ0) is 30.2. The fourth-order valence-electron chi connectivity index (χ4n) is 8.08. The first kappa shape index (κ1) is 28.2. The molecule has 7 nitrogen and oxygen atoms in total. The van der Waals surface area contributed by atoms with Crippen LogP contribution in [0.4, 0.5) is 19.0 Å². The highest BCUT2D eigenvalue weighted by atomic mass is 35.5. The number of methoxy groups -OCH3 is 1. The van der Waals surface area contributed by atoms with Gasteiger partial charge in [-0.05, 0) is 49.2 Å². The predicted octanol–water partition coefficient (Wildman–Crippen LogP) is 6.29. The number of rotatable bonds is 6. The number of fused-ring (bicyclic) bond motifs is 5. The lowest BCUT2D eigenvalue weighted by Crippen LogP contribution is -2.51. The van der Waals surface area contributed by atoms with Gasteiger partial charge in [0.15, 0.2) is 17.4 Å². The van der Waals surface area contributed by atoms with E-state index in [4.69, 9.17) is 26.1 Å². The second-order valence-corrected chi connectivity index (χ2v) is 13.0. The number of benzene rings is 3. The van der Waals surface area contributed by atoms with Crippen LogP contribution in [0.25, 0.3) is 32.8 Å². The second-order valence-electron chi connectivity index (χ2n) is 12.6. The van der Waals surface area contributed by atoms with Gasteiger partial charge in [-0.3, -0.25) is 4.90 Å². The summed E-state index contributed by atoms with van der Waals surface area (Å²) in [6.07, 6.45) is 3.28. The molecule has 0 amide bonds. The second kappa shape index (κ2) is 10.6. The zero-order valence-electron chi connectivity index (χ0n) is 24.4. The van der Waals surface area contributed by atoms with Gasteiger partial charge in [0.25, 0.3) is 0 Å². The first-order valence-corrected chi connectivity index (χ1v) is 15.7. The largest absolute Gasteiger partial charge is 0.493 e. The number of aromatic nitrogens is 2. The molecule has 11 heteroatoms. The molecule has 4 aliphatic heterocycles. The van der Waals surface area contributed by atoms with Crippen LogP contribution in [0.3, 0.4) is 0 Å². The van der Waals surface area contributed by atoms with Crippen molar-refractivity contribution < 1.29 is 22.6 Å². The highest BCUT2D eigenvalue weighted by Gasteiger charge is 2.49. The molecule has 3 aromatic carbocycles. The molecule has 1 N–H and O–H groups in total. The van der Waals surface area contributed by atoms with E-state index in [1.165, 1.54) is 7.11 Å². The van der Waals surface area contributed by atoms with Crippen LogP contribution in [0, 0.1) is 11.6 Å². The van der Waals surface area contributed by atoms with E-state index in [0.717, 1.165) is 37.6 Å². The van der Waals surface area contributed by atoms with Gasteiger partial charge in [0, 0.05) is 48.5 Å². The number of anilines is 1. The van der Waals surface area contributed by atoms with Crippen molar-refractivity contribution in [1.29, 1.82) is 0 Å². The maximum absolute atomic E-state index is 16.9. The first-order valence-electron chi connectivity index (χ1n) is 15.3. The molecule has 0 radical (unpaired) electrons. The van der Waals surface area contributed by atoms with Crippen LogP contribution in [-0.4, -0.2) is 78.6 Å². The van der Waals surface area contributed by atoms with Gasteiger partial charge in [-0.25, -0.2) is 13.2 Å². The molecule has 4 aromatic rings. The van der Waals surface area contributed by atoms with E-state index in [1.807, 2.05) is 12.1 Å². The Hall–Kier alpha value is -3.34. The van der Waals surface area contributed by atoms with Crippen molar-refractivity contribution in [2.45, 2.75) is 55.9 Å². The summed E-state index contributed by atoms with van der Waals surface area (Å²) < 4.78 is 59.9. The number of nitrogens with zero attached hydrogens (tertiary/aromatic N) is 4. The minimum Gasteiger partial charge on any atom is -0.493 e. The van der Waals surface area contributed by atoms with Crippen LogP contribution in [-0.2, 0) is 0 Å². The van der Waals surface area contributed by atoms with Crippen molar-refractivity contribution in [3.8, 4) is 22.9 Å². The molecular formula is C33H33ClF3N5O2. The van der Waals surface area contributed by atoms with E-state index < -0.39 is 23.3 Å². The molecule has 0 saturated carbocycles. The van der Waals surface area contributed by atoms with Crippen LogP contribution < -0.4 is 19.7 Å². The van der Waals surface area contributed by atoms with Crippen LogP contribution in [0.15, 0.2) is 36.4 Å². The third kappa shape index (κ3) is 4.40. The Balaban J connectivity index is 1.32. The number of piperazine rings is 1. The molecule has 4 aliphatic rings. The summed E-state index contributed by atoms with van der Waals surface area (Å²) in [7, 11) is 1.37. The maximum atomic E-state index is 16.9. The van der Waals surface area contributed by atoms with Gasteiger partial charge in [0.1, 0.15) is 24.1 Å². The van der Waals surface area contributed by atoms with Gasteiger partial charge in [-0.2, -0.15) is 9.97 Å². The van der Waals surface area contributed by atoms with Gasteiger partial charge in [-0.1, -0.05) is 41.9 Å². The minimum absolute atomic E-state index is 0.0172. The first-order chi connectivity index (χ1) is 21.3. The SMILES string of the molecule is COc1c(F)c(-c2cccc3cccc(Cl)c23)c(F)c2nc(OC[C@@]34CCCN3C[C@H](F)C4)nc(N3CC4CCC(C3)N4)c12. The highest BCUT2D eigenvalue weighted by molar-refractivity contribution is 6.36. The third-order valence-electron chi connectivity index (χ3n) is 10.0. The van der Waals surface area contributed by atoms with Crippen LogP contribution >= 0.6 is 11.6 Å². The zero-order valence-corrected chi connectivity index (χ0v) is 25.1. The molecule has 230 valence electrons. The van der Waals surface area contributed by atoms with E-state index in [9.17, 15) is 4.39 Å². The molecule has 44 heavy (non-hydrogen) atoms. The Morgan fingerprint density at radius 1 is 1.02 bits per heavy atom. The van der Waals surface area contributed by atoms with E-state index in [-0.39, 0.29) is 46.9 Å². The topological polar surface area (TPSA) is 62.8 Å². The van der Waals surface area contributed by atoms with Crippen molar-refractivity contribution >= 4 is 39.1 Å². The maximum Gasteiger partial charge on any atom is 0.319 e. The summed E-state index contributed by atoms with van der Waals surface area (Å²) >= 11 is 6.59. The summed E-state index contributed by atoms with van der Waals surface area (Å²) in [5, 5.41) is 5.42. The van der Waals surface area contributed by atoms with Crippen LogP contribution in [0.1, 0.15) is 32.1 Å². The van der Waals surface area contributed by atoms with Crippen LogP contribution in [0.5, 0.6) is 11.8 Å². The lowest BCUT2D eigenvalue weighted by molar-refractivity contribution is 0.107.